The Morgan fingerprint density at radius 3 is 2.95 bits per heavy atom. The molecule has 0 radical (unpaired) electrons. The summed E-state index contributed by atoms with van der Waals surface area (Å²) in [6, 6.07) is 3.30. The maximum absolute atomic E-state index is 12.3. The van der Waals surface area contributed by atoms with Crippen LogP contribution in [0.15, 0.2) is 18.3 Å². The van der Waals surface area contributed by atoms with E-state index < -0.39 is 12.1 Å². The molecule has 1 aliphatic rings. The average Bonchev–Trinajstić information content (AvgIpc) is 2.47. The summed E-state index contributed by atoms with van der Waals surface area (Å²) in [7, 11) is 0. The van der Waals surface area contributed by atoms with Crippen LogP contribution < -0.4 is 4.74 Å². The first-order valence-electron chi connectivity index (χ1n) is 6.81. The molecule has 7 heteroatoms. The summed E-state index contributed by atoms with van der Waals surface area (Å²) in [6.45, 7) is 3.44. The van der Waals surface area contributed by atoms with Gasteiger partial charge in [0.05, 0.1) is 31.3 Å². The summed E-state index contributed by atoms with van der Waals surface area (Å²) in [6.07, 6.45) is 0.899. The highest BCUT2D eigenvalue weighted by atomic mass is 16.5. The third-order valence-electron chi connectivity index (χ3n) is 3.10. The minimum absolute atomic E-state index is 0.106. The Hall–Kier alpha value is -2.15. The van der Waals surface area contributed by atoms with Crippen molar-refractivity contribution in [1.82, 2.24) is 9.88 Å². The number of hydrogen-bond donors (Lipinski definition) is 1. The Morgan fingerprint density at radius 2 is 2.33 bits per heavy atom. The number of carboxylic acids is 1. The number of rotatable bonds is 5. The van der Waals surface area contributed by atoms with Crippen molar-refractivity contribution in [2.75, 3.05) is 26.3 Å². The van der Waals surface area contributed by atoms with E-state index in [4.69, 9.17) is 14.6 Å². The van der Waals surface area contributed by atoms with E-state index in [-0.39, 0.29) is 18.9 Å². The second kappa shape index (κ2) is 7.03. The predicted octanol–water partition coefficient (Wildman–Crippen LogP) is 0.796. The Morgan fingerprint density at radius 1 is 1.52 bits per heavy atom. The largest absolute Gasteiger partial charge is 0.481 e. The molecular formula is C14H18N2O5. The lowest BCUT2D eigenvalue weighted by atomic mass is 10.1. The van der Waals surface area contributed by atoms with Crippen molar-refractivity contribution in [2.24, 2.45) is 0 Å². The molecule has 1 saturated heterocycles. The van der Waals surface area contributed by atoms with Gasteiger partial charge in [0, 0.05) is 25.4 Å². The van der Waals surface area contributed by atoms with E-state index in [2.05, 4.69) is 4.98 Å². The number of pyridine rings is 1. The molecule has 0 spiro atoms. The van der Waals surface area contributed by atoms with Crippen LogP contribution in [0.4, 0.5) is 0 Å². The number of carbonyl (C=O) groups is 2. The van der Waals surface area contributed by atoms with Gasteiger partial charge in [-0.15, -0.1) is 0 Å². The van der Waals surface area contributed by atoms with Gasteiger partial charge in [0.2, 0.25) is 5.88 Å². The van der Waals surface area contributed by atoms with Crippen LogP contribution in [0.3, 0.4) is 0 Å². The normalized spacial score (nSPS) is 18.3. The Bertz CT molecular complexity index is 503. The zero-order valence-electron chi connectivity index (χ0n) is 11.8. The van der Waals surface area contributed by atoms with Gasteiger partial charge in [-0.2, -0.15) is 0 Å². The molecule has 1 aromatic rings. The molecule has 7 nitrogen and oxygen atoms in total. The van der Waals surface area contributed by atoms with E-state index in [1.165, 1.54) is 6.20 Å². The first-order valence-corrected chi connectivity index (χ1v) is 6.81. The number of aliphatic carboxylic acids is 1. The van der Waals surface area contributed by atoms with Crippen molar-refractivity contribution in [3.05, 3.63) is 23.9 Å². The van der Waals surface area contributed by atoms with E-state index in [9.17, 15) is 9.59 Å². The first kappa shape index (κ1) is 15.2. The molecule has 1 N–H and O–H groups in total. The molecule has 1 atom stereocenters. The second-order valence-corrected chi connectivity index (χ2v) is 4.66. The first-order chi connectivity index (χ1) is 10.1. The second-order valence-electron chi connectivity index (χ2n) is 4.66. The fraction of sp³-hybridized carbons (Fsp3) is 0.500. The van der Waals surface area contributed by atoms with Crippen LogP contribution in [0, 0.1) is 0 Å². The number of amides is 1. The lowest BCUT2D eigenvalue weighted by Gasteiger charge is -2.32. The molecule has 21 heavy (non-hydrogen) atoms. The molecule has 1 amide bonds. The van der Waals surface area contributed by atoms with E-state index in [0.29, 0.717) is 31.2 Å². The van der Waals surface area contributed by atoms with Gasteiger partial charge in [0.25, 0.3) is 5.91 Å². The Kier molecular flexibility index (Phi) is 5.10. The fourth-order valence-corrected chi connectivity index (χ4v) is 2.14. The SMILES string of the molecule is CCOc1ccc(C(=O)N2CCOC(CC(=O)O)C2)cn1. The third kappa shape index (κ3) is 4.16. The molecule has 1 unspecified atom stereocenters. The number of hydrogen-bond acceptors (Lipinski definition) is 5. The number of ether oxygens (including phenoxy) is 2. The zero-order valence-corrected chi connectivity index (χ0v) is 11.8. The molecule has 114 valence electrons. The van der Waals surface area contributed by atoms with Crippen molar-refractivity contribution in [1.29, 1.82) is 0 Å². The number of carbonyl (C=O) groups excluding carboxylic acids is 1. The highest BCUT2D eigenvalue weighted by Crippen LogP contribution is 2.14. The zero-order chi connectivity index (χ0) is 15.2. The van der Waals surface area contributed by atoms with E-state index in [0.717, 1.165) is 0 Å². The lowest BCUT2D eigenvalue weighted by molar-refractivity contribution is -0.141. The standard InChI is InChI=1S/C14H18N2O5/c1-2-20-12-4-3-10(8-15-12)14(19)16-5-6-21-11(9-16)7-13(17)18/h3-4,8,11H,2,5-7,9H2,1H3,(H,17,18). The third-order valence-corrected chi connectivity index (χ3v) is 3.10. The van der Waals surface area contributed by atoms with E-state index in [1.54, 1.807) is 17.0 Å². The molecule has 0 aromatic carbocycles. The summed E-state index contributed by atoms with van der Waals surface area (Å²) in [4.78, 5) is 28.7. The van der Waals surface area contributed by atoms with Gasteiger partial charge in [0.1, 0.15) is 0 Å². The van der Waals surface area contributed by atoms with E-state index in [1.807, 2.05) is 6.92 Å². The molecule has 0 aliphatic carbocycles. The van der Waals surface area contributed by atoms with Gasteiger partial charge in [-0.3, -0.25) is 9.59 Å². The van der Waals surface area contributed by atoms with Crippen LogP contribution in [-0.4, -0.2) is 59.3 Å². The summed E-state index contributed by atoms with van der Waals surface area (Å²) in [5.74, 6) is -0.638. The fourth-order valence-electron chi connectivity index (χ4n) is 2.14. The summed E-state index contributed by atoms with van der Waals surface area (Å²) in [5.41, 5.74) is 0.453. The summed E-state index contributed by atoms with van der Waals surface area (Å²) in [5, 5.41) is 8.78. The summed E-state index contributed by atoms with van der Waals surface area (Å²) < 4.78 is 10.6. The highest BCUT2D eigenvalue weighted by molar-refractivity contribution is 5.94. The Balaban J connectivity index is 1.99. The van der Waals surface area contributed by atoms with Gasteiger partial charge in [0.15, 0.2) is 0 Å². The lowest BCUT2D eigenvalue weighted by Crippen LogP contribution is -2.46. The molecule has 0 saturated carbocycles. The predicted molar refractivity (Wildman–Crippen MR) is 73.3 cm³/mol. The number of morpholine rings is 1. The minimum atomic E-state index is -0.933. The van der Waals surface area contributed by atoms with Gasteiger partial charge in [-0.25, -0.2) is 4.98 Å². The Labute approximate surface area is 122 Å². The maximum atomic E-state index is 12.3. The molecule has 1 aromatic heterocycles. The molecule has 1 fully saturated rings. The van der Waals surface area contributed by atoms with E-state index >= 15 is 0 Å². The van der Waals surface area contributed by atoms with Crippen LogP contribution in [-0.2, 0) is 9.53 Å². The molecule has 0 bridgehead atoms. The van der Waals surface area contributed by atoms with Crippen LogP contribution in [0.2, 0.25) is 0 Å². The minimum Gasteiger partial charge on any atom is -0.481 e. The quantitative estimate of drug-likeness (QED) is 0.864. The topological polar surface area (TPSA) is 89.0 Å². The van der Waals surface area contributed by atoms with Crippen molar-refractivity contribution in [3.63, 3.8) is 0 Å². The summed E-state index contributed by atoms with van der Waals surface area (Å²) >= 11 is 0. The van der Waals surface area contributed by atoms with Gasteiger partial charge in [-0.05, 0) is 13.0 Å². The van der Waals surface area contributed by atoms with Crippen molar-refractivity contribution >= 4 is 11.9 Å². The maximum Gasteiger partial charge on any atom is 0.306 e. The number of carboxylic acid groups (broad SMARTS) is 1. The van der Waals surface area contributed by atoms with Gasteiger partial charge in [-0.1, -0.05) is 0 Å². The molecular weight excluding hydrogens is 276 g/mol. The van der Waals surface area contributed by atoms with Gasteiger partial charge < -0.3 is 19.5 Å². The van der Waals surface area contributed by atoms with Crippen molar-refractivity contribution < 1.29 is 24.2 Å². The van der Waals surface area contributed by atoms with Gasteiger partial charge >= 0.3 is 5.97 Å². The van der Waals surface area contributed by atoms with Crippen LogP contribution in [0.5, 0.6) is 5.88 Å². The highest BCUT2D eigenvalue weighted by Gasteiger charge is 2.26. The van der Waals surface area contributed by atoms with Crippen LogP contribution in [0.1, 0.15) is 23.7 Å². The van der Waals surface area contributed by atoms with Crippen LogP contribution >= 0.6 is 0 Å². The van der Waals surface area contributed by atoms with Crippen molar-refractivity contribution in [2.45, 2.75) is 19.4 Å². The average molecular weight is 294 g/mol. The molecule has 2 heterocycles. The smallest absolute Gasteiger partial charge is 0.306 e. The van der Waals surface area contributed by atoms with Crippen LogP contribution in [0.25, 0.3) is 0 Å². The van der Waals surface area contributed by atoms with Crippen molar-refractivity contribution in [3.8, 4) is 5.88 Å². The number of nitrogens with zero attached hydrogens (tertiary/aromatic N) is 2. The molecule has 1 aliphatic heterocycles. The number of aromatic nitrogens is 1. The monoisotopic (exact) mass is 294 g/mol. The molecule has 2 rings (SSSR count).